The zero-order chi connectivity index (χ0) is 23.1. The van der Waals surface area contributed by atoms with Gasteiger partial charge in [-0.25, -0.2) is 4.39 Å². The molecule has 0 aliphatic carbocycles. The summed E-state index contributed by atoms with van der Waals surface area (Å²) in [4.78, 5) is 27.1. The van der Waals surface area contributed by atoms with Crippen molar-refractivity contribution in [3.05, 3.63) is 106 Å². The van der Waals surface area contributed by atoms with Crippen molar-refractivity contribution >= 4 is 5.91 Å². The lowest BCUT2D eigenvalue weighted by molar-refractivity contribution is 0.0604. The number of hydrogen-bond acceptors (Lipinski definition) is 5. The molecule has 2 aromatic carbocycles. The van der Waals surface area contributed by atoms with Crippen LogP contribution in [0.2, 0.25) is 0 Å². The number of halogens is 1. The predicted molar refractivity (Wildman–Crippen MR) is 120 cm³/mol. The summed E-state index contributed by atoms with van der Waals surface area (Å²) in [6, 6.07) is 14.8. The zero-order valence-corrected chi connectivity index (χ0v) is 17.9. The molecule has 2 bridgehead atoms. The minimum Gasteiger partial charge on any atom is -0.502 e. The van der Waals surface area contributed by atoms with Crippen molar-refractivity contribution in [1.29, 1.82) is 0 Å². The average molecular weight is 447 g/mol. The number of para-hydroxylation sites is 1. The van der Waals surface area contributed by atoms with Crippen molar-refractivity contribution in [2.45, 2.75) is 19.1 Å². The van der Waals surface area contributed by atoms with E-state index >= 15 is 0 Å². The van der Waals surface area contributed by atoms with Crippen LogP contribution in [0.5, 0.6) is 11.5 Å². The van der Waals surface area contributed by atoms with E-state index in [-0.39, 0.29) is 24.6 Å². The van der Waals surface area contributed by atoms with Gasteiger partial charge < -0.3 is 14.7 Å². The molecule has 0 spiro atoms. The largest absolute Gasteiger partial charge is 0.502 e. The number of amides is 1. The minimum absolute atomic E-state index is 0.111. The van der Waals surface area contributed by atoms with E-state index in [4.69, 9.17) is 4.74 Å². The first-order valence-electron chi connectivity index (χ1n) is 10.6. The number of ether oxygens (including phenoxy) is 1. The Labute approximate surface area is 189 Å². The van der Waals surface area contributed by atoms with Gasteiger partial charge in [0.15, 0.2) is 23.0 Å². The summed E-state index contributed by atoms with van der Waals surface area (Å²) in [5.41, 5.74) is 0.607. The van der Waals surface area contributed by atoms with Crippen LogP contribution >= 0.6 is 0 Å². The Morgan fingerprint density at radius 1 is 1.03 bits per heavy atom. The van der Waals surface area contributed by atoms with E-state index in [1.54, 1.807) is 29.2 Å². The molecule has 1 amide bonds. The van der Waals surface area contributed by atoms with Crippen LogP contribution in [-0.2, 0) is 0 Å². The number of aromatic hydroxyl groups is 1. The first-order valence-corrected chi connectivity index (χ1v) is 10.6. The van der Waals surface area contributed by atoms with E-state index in [0.717, 1.165) is 5.56 Å². The number of pyridine rings is 1. The van der Waals surface area contributed by atoms with Crippen molar-refractivity contribution < 1.29 is 19.0 Å². The van der Waals surface area contributed by atoms with Crippen LogP contribution < -0.4 is 15.2 Å². The third-order valence-corrected chi connectivity index (χ3v) is 6.06. The molecule has 3 heterocycles. The smallest absolute Gasteiger partial charge is 0.278 e. The summed E-state index contributed by atoms with van der Waals surface area (Å²) in [5.74, 6) is -1.47. The molecule has 0 unspecified atom stereocenters. The maximum Gasteiger partial charge on any atom is 0.278 e. The minimum atomic E-state index is -0.644. The molecular weight excluding hydrogens is 425 g/mol. The van der Waals surface area contributed by atoms with Gasteiger partial charge in [0.25, 0.3) is 5.91 Å². The summed E-state index contributed by atoms with van der Waals surface area (Å²) in [5, 5.41) is 12.4. The van der Waals surface area contributed by atoms with Gasteiger partial charge in [-0.15, -0.1) is 0 Å². The Morgan fingerprint density at radius 2 is 1.82 bits per heavy atom. The molecule has 5 rings (SSSR count). The number of benzene rings is 2. The van der Waals surface area contributed by atoms with Crippen molar-refractivity contribution in [2.75, 3.05) is 18.2 Å². The molecule has 3 aromatic rings. The molecule has 33 heavy (non-hydrogen) atoms. The second kappa shape index (κ2) is 8.12. The summed E-state index contributed by atoms with van der Waals surface area (Å²) >= 11 is 0. The van der Waals surface area contributed by atoms with Crippen LogP contribution in [0.25, 0.3) is 0 Å². The molecule has 0 saturated heterocycles. The molecule has 8 heteroatoms. The number of rotatable bonds is 1. The van der Waals surface area contributed by atoms with Gasteiger partial charge in [-0.2, -0.15) is 0 Å². The third-order valence-electron chi connectivity index (χ3n) is 6.06. The van der Waals surface area contributed by atoms with Gasteiger partial charge in [0.05, 0.1) is 0 Å². The highest BCUT2D eigenvalue weighted by atomic mass is 19.1. The van der Waals surface area contributed by atoms with Gasteiger partial charge >= 0.3 is 0 Å². The standard InChI is InChI=1S/C25H22FN3O4/c1-16-27-13-5-6-15-33-24-18(10-7-11-19(24)26)21(17-8-3-2-4-9-17)29(16)28-14-12-20(30)23(31)22(28)25(27)32/h2-12,14,16,21,31H,13,15H2,1H3/b6-5+/t16-,21-/m1/s1. The molecule has 1 aromatic heterocycles. The molecule has 7 nitrogen and oxygen atoms in total. The van der Waals surface area contributed by atoms with Crippen molar-refractivity contribution in [2.24, 2.45) is 0 Å². The highest BCUT2D eigenvalue weighted by Crippen LogP contribution is 2.39. The van der Waals surface area contributed by atoms with Crippen molar-refractivity contribution in [1.82, 2.24) is 9.58 Å². The highest BCUT2D eigenvalue weighted by molar-refractivity contribution is 5.96. The van der Waals surface area contributed by atoms with E-state index in [1.807, 2.05) is 42.3 Å². The first kappa shape index (κ1) is 20.8. The Hall–Kier alpha value is -4.07. The van der Waals surface area contributed by atoms with Gasteiger partial charge in [0.1, 0.15) is 18.8 Å². The van der Waals surface area contributed by atoms with Gasteiger partial charge in [0.2, 0.25) is 5.43 Å². The Kier molecular flexibility index (Phi) is 5.12. The maximum atomic E-state index is 15.0. The third kappa shape index (κ3) is 3.34. The number of carbonyl (C=O) groups excluding carboxylic acids is 1. The monoisotopic (exact) mass is 447 g/mol. The Bertz CT molecular complexity index is 1300. The molecular formula is C25H22FN3O4. The fourth-order valence-corrected chi connectivity index (χ4v) is 4.50. The second-order valence-electron chi connectivity index (χ2n) is 7.94. The molecule has 2 aliphatic rings. The maximum absolute atomic E-state index is 15.0. The Balaban J connectivity index is 1.86. The van der Waals surface area contributed by atoms with E-state index in [1.165, 1.54) is 23.0 Å². The molecule has 0 fully saturated rings. The fourth-order valence-electron chi connectivity index (χ4n) is 4.50. The lowest BCUT2D eigenvalue weighted by atomic mass is 9.96. The van der Waals surface area contributed by atoms with E-state index < -0.39 is 35.1 Å². The van der Waals surface area contributed by atoms with Gasteiger partial charge in [-0.1, -0.05) is 48.5 Å². The molecule has 2 aliphatic heterocycles. The zero-order valence-electron chi connectivity index (χ0n) is 17.9. The molecule has 2 atom stereocenters. The lowest BCUT2D eigenvalue weighted by Crippen LogP contribution is -2.61. The van der Waals surface area contributed by atoms with Crippen LogP contribution in [0.15, 0.2) is 77.7 Å². The van der Waals surface area contributed by atoms with Gasteiger partial charge in [-0.3, -0.25) is 19.3 Å². The number of carbonyl (C=O) groups is 1. The van der Waals surface area contributed by atoms with Crippen molar-refractivity contribution in [3.8, 4) is 11.5 Å². The first-order chi connectivity index (χ1) is 16.0. The topological polar surface area (TPSA) is 75.0 Å². The van der Waals surface area contributed by atoms with E-state index in [0.29, 0.717) is 5.56 Å². The molecule has 1 N–H and O–H groups in total. The van der Waals surface area contributed by atoms with Crippen LogP contribution in [0.1, 0.15) is 34.6 Å². The SMILES string of the molecule is C[C@@H]1N2C/C=C/COc3c(F)cccc3[C@@H](c3ccccc3)N1n1ccc(=O)c(O)c1C2=O. The highest BCUT2D eigenvalue weighted by Gasteiger charge is 2.41. The summed E-state index contributed by atoms with van der Waals surface area (Å²) in [7, 11) is 0. The van der Waals surface area contributed by atoms with Crippen LogP contribution in [-0.4, -0.2) is 39.9 Å². The quantitative estimate of drug-likeness (QED) is 0.580. The van der Waals surface area contributed by atoms with Crippen LogP contribution in [0, 0.1) is 5.82 Å². The molecule has 0 radical (unpaired) electrons. The summed E-state index contributed by atoms with van der Waals surface area (Å²) in [6.07, 6.45) is 4.43. The average Bonchev–Trinajstić information content (AvgIpc) is 2.83. The van der Waals surface area contributed by atoms with Crippen LogP contribution in [0.3, 0.4) is 0 Å². The number of nitrogens with zero attached hydrogens (tertiary/aromatic N) is 3. The van der Waals surface area contributed by atoms with Gasteiger partial charge in [0, 0.05) is 24.4 Å². The number of aromatic nitrogens is 1. The summed E-state index contributed by atoms with van der Waals surface area (Å²) in [6.45, 7) is 2.21. The predicted octanol–water partition coefficient (Wildman–Crippen LogP) is 3.17. The van der Waals surface area contributed by atoms with E-state index in [9.17, 15) is 19.1 Å². The van der Waals surface area contributed by atoms with Crippen molar-refractivity contribution in [3.63, 3.8) is 0 Å². The number of hydrogen-bond donors (Lipinski definition) is 1. The molecule has 168 valence electrons. The molecule has 0 saturated carbocycles. The Morgan fingerprint density at radius 3 is 2.61 bits per heavy atom. The summed E-state index contributed by atoms with van der Waals surface area (Å²) < 4.78 is 22.3. The van der Waals surface area contributed by atoms with Crippen LogP contribution in [0.4, 0.5) is 4.39 Å². The lowest BCUT2D eigenvalue weighted by Gasteiger charge is -2.48. The van der Waals surface area contributed by atoms with E-state index in [2.05, 4.69) is 0 Å². The fraction of sp³-hybridized carbons (Fsp3) is 0.200. The van der Waals surface area contributed by atoms with Gasteiger partial charge in [-0.05, 0) is 24.6 Å². The number of fused-ring (bicyclic) bond motifs is 5. The second-order valence-corrected chi connectivity index (χ2v) is 7.94. The normalized spacial score (nSPS) is 20.8.